The number of alkyl halides is 3. The Kier molecular flexibility index (Phi) is 9.07. The Morgan fingerprint density at radius 3 is 2.47 bits per heavy atom. The van der Waals surface area contributed by atoms with Crippen molar-refractivity contribution in [2.45, 2.75) is 89.3 Å². The number of fused-ring (bicyclic) bond motifs is 9. The van der Waals surface area contributed by atoms with Crippen molar-refractivity contribution in [3.05, 3.63) is 75.3 Å². The molecule has 3 aromatic carbocycles. The number of phenols is 1. The predicted molar refractivity (Wildman–Crippen MR) is 178 cm³/mol. The molecule has 1 saturated heterocycles. The molecule has 1 fully saturated rings. The van der Waals surface area contributed by atoms with E-state index in [1.165, 1.54) is 14.0 Å². The molecule has 0 aromatic heterocycles. The molecule has 1 unspecified atom stereocenters. The van der Waals surface area contributed by atoms with Gasteiger partial charge in [0.05, 0.1) is 19.2 Å². The maximum atomic E-state index is 13.7. The lowest BCUT2D eigenvalue weighted by atomic mass is 9.76. The second-order valence-electron chi connectivity index (χ2n) is 13.8. The summed E-state index contributed by atoms with van der Waals surface area (Å²) in [7, 11) is 3.49. The van der Waals surface area contributed by atoms with Gasteiger partial charge in [-0.25, -0.2) is 4.79 Å². The van der Waals surface area contributed by atoms with Crippen molar-refractivity contribution in [2.24, 2.45) is 0 Å². The molecule has 7 rings (SSSR count). The van der Waals surface area contributed by atoms with Crippen LogP contribution < -0.4 is 18.9 Å². The van der Waals surface area contributed by atoms with Gasteiger partial charge in [0.15, 0.2) is 23.0 Å². The van der Waals surface area contributed by atoms with Gasteiger partial charge in [0.2, 0.25) is 6.79 Å². The van der Waals surface area contributed by atoms with Crippen molar-refractivity contribution in [2.75, 3.05) is 27.6 Å². The van der Waals surface area contributed by atoms with Crippen molar-refractivity contribution < 1.29 is 51.6 Å². The summed E-state index contributed by atoms with van der Waals surface area (Å²) in [6.45, 7) is 5.17. The maximum Gasteiger partial charge on any atom is 0.491 e. The highest BCUT2D eigenvalue weighted by Crippen LogP contribution is 2.58. The molecule has 2 bridgehead atoms. The first-order valence-electron chi connectivity index (χ1n) is 17.1. The van der Waals surface area contributed by atoms with Crippen LogP contribution in [-0.2, 0) is 33.6 Å². The van der Waals surface area contributed by atoms with Crippen LogP contribution in [0.1, 0.15) is 70.8 Å². The Bertz CT molecular complexity index is 1870. The number of likely N-dealkylation sites (N-methyl/N-ethyl adjacent to an activating group) is 1. The van der Waals surface area contributed by atoms with Crippen molar-refractivity contribution in [3.63, 3.8) is 0 Å². The minimum atomic E-state index is -5.25. The van der Waals surface area contributed by atoms with Gasteiger partial charge in [0, 0.05) is 46.8 Å². The Hall–Kier alpha value is -4.49. The zero-order valence-corrected chi connectivity index (χ0v) is 29.1. The van der Waals surface area contributed by atoms with Gasteiger partial charge in [-0.15, -0.1) is 0 Å². The number of halogens is 3. The lowest BCUT2D eigenvalue weighted by Crippen LogP contribution is -2.65. The Balaban J connectivity index is 1.38. The second-order valence-corrected chi connectivity index (χ2v) is 13.8. The first-order chi connectivity index (χ1) is 24.3. The predicted octanol–water partition coefficient (Wildman–Crippen LogP) is 6.05. The molecule has 13 heteroatoms. The fraction of sp³-hybridized carbons (Fsp3) is 0.474. The van der Waals surface area contributed by atoms with E-state index in [0.29, 0.717) is 41.0 Å². The third-order valence-electron chi connectivity index (χ3n) is 11.0. The molecule has 0 radical (unpaired) electrons. The van der Waals surface area contributed by atoms with Crippen LogP contribution in [0.2, 0.25) is 0 Å². The highest BCUT2D eigenvalue weighted by molar-refractivity contribution is 5.80. The molecule has 3 aromatic rings. The van der Waals surface area contributed by atoms with Gasteiger partial charge in [0.1, 0.15) is 12.4 Å². The molecule has 0 amide bonds. The molecule has 0 aliphatic carbocycles. The quantitative estimate of drug-likeness (QED) is 0.230. The number of methoxy groups -OCH3 is 1. The standard InChI is InChI=1S/C38H41F3N2O8/c1-19-15-23-12-13-25-21(3)43-26(31(42(25)4)29(23)32(45)33(19)47-5)16-24-30(27(43)17-48-28(44)14-11-22-9-7-6-8-10-22)36-35(49-18-50-36)20(2)34(24)51-37(46)38(39,40)41/h6-10,15,21,25-27,31,45H,11-14,16-18H2,1-5H3/t21-,25-,26?,27-,31-/m0/s1. The molecule has 10 nitrogen and oxygen atoms in total. The number of aromatic hydroxyl groups is 1. The Labute approximate surface area is 294 Å². The highest BCUT2D eigenvalue weighted by atomic mass is 19.4. The number of ether oxygens (including phenoxy) is 5. The topological polar surface area (TPSA) is 107 Å². The van der Waals surface area contributed by atoms with E-state index in [4.69, 9.17) is 23.7 Å². The van der Waals surface area contributed by atoms with Gasteiger partial charge < -0.3 is 28.8 Å². The van der Waals surface area contributed by atoms with E-state index in [-0.39, 0.29) is 61.1 Å². The van der Waals surface area contributed by atoms with Crippen LogP contribution in [0, 0.1) is 13.8 Å². The molecule has 272 valence electrons. The molecule has 0 spiro atoms. The van der Waals surface area contributed by atoms with E-state index in [9.17, 15) is 27.9 Å². The normalized spacial score (nSPS) is 23.8. The van der Waals surface area contributed by atoms with Crippen molar-refractivity contribution in [3.8, 4) is 28.7 Å². The maximum absolute atomic E-state index is 13.7. The lowest BCUT2D eigenvalue weighted by molar-refractivity contribution is -0.189. The molecule has 0 saturated carbocycles. The number of carbonyl (C=O) groups excluding carboxylic acids is 2. The fourth-order valence-electron chi connectivity index (χ4n) is 8.87. The van der Waals surface area contributed by atoms with Crippen LogP contribution in [-0.4, -0.2) is 78.7 Å². The molecular formula is C38H41F3N2O8. The molecular weight excluding hydrogens is 669 g/mol. The summed E-state index contributed by atoms with van der Waals surface area (Å²) in [4.78, 5) is 30.2. The molecule has 4 aliphatic rings. The van der Waals surface area contributed by atoms with Crippen molar-refractivity contribution in [1.29, 1.82) is 0 Å². The number of carbonyl (C=O) groups is 2. The van der Waals surface area contributed by atoms with E-state index in [0.717, 1.165) is 23.1 Å². The van der Waals surface area contributed by atoms with Crippen LogP contribution >= 0.6 is 0 Å². The van der Waals surface area contributed by atoms with Crippen LogP contribution in [0.25, 0.3) is 0 Å². The summed E-state index contributed by atoms with van der Waals surface area (Å²) in [6.07, 6.45) is -3.09. The lowest BCUT2D eigenvalue weighted by Gasteiger charge is -2.58. The highest BCUT2D eigenvalue weighted by Gasteiger charge is 2.55. The monoisotopic (exact) mass is 710 g/mol. The summed E-state index contributed by atoms with van der Waals surface area (Å²) >= 11 is 0. The number of benzene rings is 3. The molecule has 51 heavy (non-hydrogen) atoms. The fourth-order valence-corrected chi connectivity index (χ4v) is 8.87. The van der Waals surface area contributed by atoms with Gasteiger partial charge in [0.25, 0.3) is 0 Å². The number of hydrogen-bond acceptors (Lipinski definition) is 10. The van der Waals surface area contributed by atoms with Gasteiger partial charge in [-0.05, 0) is 70.2 Å². The van der Waals surface area contributed by atoms with Crippen LogP contribution in [0.3, 0.4) is 0 Å². The van der Waals surface area contributed by atoms with Crippen LogP contribution in [0.5, 0.6) is 28.7 Å². The number of nitrogens with zero attached hydrogens (tertiary/aromatic N) is 2. The smallest absolute Gasteiger partial charge is 0.491 e. The summed E-state index contributed by atoms with van der Waals surface area (Å²) in [5.41, 5.74) is 4.40. The largest absolute Gasteiger partial charge is 0.504 e. The van der Waals surface area contributed by atoms with Gasteiger partial charge >= 0.3 is 18.1 Å². The first kappa shape index (κ1) is 34.9. The van der Waals surface area contributed by atoms with Crippen molar-refractivity contribution >= 4 is 11.9 Å². The third-order valence-corrected chi connectivity index (χ3v) is 11.0. The number of phenolic OH excluding ortho intramolecular Hbond substituents is 1. The summed E-state index contributed by atoms with van der Waals surface area (Å²) < 4.78 is 69.7. The second kappa shape index (κ2) is 13.2. The Morgan fingerprint density at radius 2 is 1.76 bits per heavy atom. The average molecular weight is 711 g/mol. The zero-order valence-electron chi connectivity index (χ0n) is 29.1. The van der Waals surface area contributed by atoms with E-state index in [2.05, 4.69) is 16.7 Å². The molecule has 5 atom stereocenters. The number of hydrogen-bond donors (Lipinski definition) is 1. The van der Waals surface area contributed by atoms with Crippen LogP contribution in [0.15, 0.2) is 36.4 Å². The van der Waals surface area contributed by atoms with E-state index >= 15 is 0 Å². The minimum Gasteiger partial charge on any atom is -0.504 e. The summed E-state index contributed by atoms with van der Waals surface area (Å²) in [5.74, 6) is -2.18. The molecule has 1 N–H and O–H groups in total. The van der Waals surface area contributed by atoms with Crippen molar-refractivity contribution in [1.82, 2.24) is 9.80 Å². The van der Waals surface area contributed by atoms with Crippen LogP contribution in [0.4, 0.5) is 13.2 Å². The third kappa shape index (κ3) is 5.93. The SMILES string of the molecule is COc1c(C)cc2c(c1O)[C@@H]1C3Cc4c(OC(=O)C(F)(F)F)c(C)c5c(c4[C@H](COC(=O)CCc4ccccc4)N3[C@@H](C)[C@H](CC2)N1C)OCO5. The summed E-state index contributed by atoms with van der Waals surface area (Å²) in [5, 5.41) is 11.8. The average Bonchev–Trinajstić information content (AvgIpc) is 3.55. The van der Waals surface area contributed by atoms with E-state index in [1.54, 1.807) is 0 Å². The van der Waals surface area contributed by atoms with Gasteiger partial charge in [-0.3, -0.25) is 14.6 Å². The zero-order chi connectivity index (χ0) is 36.4. The van der Waals surface area contributed by atoms with E-state index < -0.39 is 36.2 Å². The number of piperazine rings is 1. The first-order valence-corrected chi connectivity index (χ1v) is 17.1. The summed E-state index contributed by atoms with van der Waals surface area (Å²) in [6, 6.07) is 9.77. The number of esters is 2. The minimum absolute atomic E-state index is 0.0135. The van der Waals surface area contributed by atoms with Gasteiger partial charge in [-0.2, -0.15) is 13.2 Å². The Morgan fingerprint density at radius 1 is 1.04 bits per heavy atom. The number of aryl methyl sites for hydroxylation is 3. The van der Waals surface area contributed by atoms with E-state index in [1.807, 2.05) is 50.4 Å². The molecule has 4 heterocycles. The number of rotatable bonds is 7. The molecule has 4 aliphatic heterocycles. The van der Waals surface area contributed by atoms with Gasteiger partial charge in [-0.1, -0.05) is 36.4 Å².